The van der Waals surface area contributed by atoms with E-state index in [2.05, 4.69) is 0 Å². The van der Waals surface area contributed by atoms with E-state index in [1.807, 2.05) is 0 Å². The Balaban J connectivity index is 2.63. The highest BCUT2D eigenvalue weighted by Gasteiger charge is 2.35. The Bertz CT molecular complexity index is 401. The van der Waals surface area contributed by atoms with Gasteiger partial charge in [0.15, 0.2) is 0 Å². The van der Waals surface area contributed by atoms with E-state index in [4.69, 9.17) is 5.21 Å². The summed E-state index contributed by atoms with van der Waals surface area (Å²) in [4.78, 5) is 10.9. The molecule has 18 heavy (non-hydrogen) atoms. The SMILES string of the molecule is CC(Cc1ccc(CC(=O)NO)cc1)C(F)(F)F. The zero-order valence-electron chi connectivity index (χ0n) is 9.79. The molecule has 1 aromatic rings. The normalized spacial score (nSPS) is 13.2. The van der Waals surface area contributed by atoms with E-state index in [0.29, 0.717) is 11.1 Å². The van der Waals surface area contributed by atoms with Crippen molar-refractivity contribution < 1.29 is 23.2 Å². The minimum absolute atomic E-state index is 0.00833. The first-order chi connectivity index (χ1) is 8.32. The average Bonchev–Trinajstić information content (AvgIpc) is 2.30. The summed E-state index contributed by atoms with van der Waals surface area (Å²) < 4.78 is 37.1. The largest absolute Gasteiger partial charge is 0.391 e. The third kappa shape index (κ3) is 4.37. The van der Waals surface area contributed by atoms with Crippen LogP contribution in [0.3, 0.4) is 0 Å². The summed E-state index contributed by atoms with van der Waals surface area (Å²) in [5, 5.41) is 8.33. The van der Waals surface area contributed by atoms with E-state index in [-0.39, 0.29) is 12.8 Å². The topological polar surface area (TPSA) is 49.3 Å². The molecule has 3 nitrogen and oxygen atoms in total. The maximum absolute atomic E-state index is 12.4. The number of alkyl halides is 3. The molecule has 0 radical (unpaired) electrons. The highest BCUT2D eigenvalue weighted by atomic mass is 19.4. The van der Waals surface area contributed by atoms with Crippen LogP contribution in [-0.2, 0) is 17.6 Å². The van der Waals surface area contributed by atoms with Gasteiger partial charge >= 0.3 is 6.18 Å². The molecule has 2 N–H and O–H groups in total. The smallest absolute Gasteiger partial charge is 0.289 e. The molecular weight excluding hydrogens is 247 g/mol. The molecule has 0 aromatic heterocycles. The fourth-order valence-corrected chi connectivity index (χ4v) is 1.49. The standard InChI is InChI=1S/C12H14F3NO2/c1-8(12(13,14)15)6-9-2-4-10(5-3-9)7-11(17)16-18/h2-5,8,18H,6-7H2,1H3,(H,16,17). The molecule has 1 unspecified atom stereocenters. The van der Waals surface area contributed by atoms with Gasteiger partial charge in [-0.15, -0.1) is 0 Å². The Kier molecular flexibility index (Phi) is 4.72. The molecule has 0 saturated carbocycles. The summed E-state index contributed by atoms with van der Waals surface area (Å²) >= 11 is 0. The average molecular weight is 261 g/mol. The van der Waals surface area contributed by atoms with Crippen LogP contribution in [0.4, 0.5) is 13.2 Å². The minimum Gasteiger partial charge on any atom is -0.289 e. The molecule has 0 saturated heterocycles. The van der Waals surface area contributed by atoms with Gasteiger partial charge in [0.25, 0.3) is 0 Å². The summed E-state index contributed by atoms with van der Waals surface area (Å²) in [6, 6.07) is 6.27. The van der Waals surface area contributed by atoms with Crippen molar-refractivity contribution in [2.24, 2.45) is 5.92 Å². The lowest BCUT2D eigenvalue weighted by Crippen LogP contribution is -2.22. The van der Waals surface area contributed by atoms with Crippen molar-refractivity contribution in [3.05, 3.63) is 35.4 Å². The van der Waals surface area contributed by atoms with Gasteiger partial charge in [0.2, 0.25) is 5.91 Å². The number of hydrogen-bond acceptors (Lipinski definition) is 2. The maximum atomic E-state index is 12.4. The zero-order valence-corrected chi connectivity index (χ0v) is 9.79. The number of amides is 1. The highest BCUT2D eigenvalue weighted by molar-refractivity contribution is 5.77. The predicted molar refractivity (Wildman–Crippen MR) is 59.0 cm³/mol. The minimum atomic E-state index is -4.20. The molecule has 0 fully saturated rings. The third-order valence-corrected chi connectivity index (χ3v) is 2.61. The zero-order chi connectivity index (χ0) is 13.8. The molecule has 1 atom stereocenters. The number of rotatable bonds is 4. The second kappa shape index (κ2) is 5.86. The van der Waals surface area contributed by atoms with E-state index in [9.17, 15) is 18.0 Å². The van der Waals surface area contributed by atoms with Gasteiger partial charge in [-0.05, 0) is 17.5 Å². The number of carbonyl (C=O) groups is 1. The molecule has 1 aromatic carbocycles. The van der Waals surface area contributed by atoms with Crippen molar-refractivity contribution >= 4 is 5.91 Å². The van der Waals surface area contributed by atoms with Gasteiger partial charge < -0.3 is 0 Å². The van der Waals surface area contributed by atoms with Crippen LogP contribution in [0.5, 0.6) is 0 Å². The van der Waals surface area contributed by atoms with Crippen LogP contribution >= 0.6 is 0 Å². The number of nitrogens with one attached hydrogen (secondary N) is 1. The van der Waals surface area contributed by atoms with Gasteiger partial charge in [0.05, 0.1) is 12.3 Å². The number of halogens is 3. The Morgan fingerprint density at radius 1 is 1.28 bits per heavy atom. The van der Waals surface area contributed by atoms with Crippen LogP contribution in [0.25, 0.3) is 0 Å². The first-order valence-electron chi connectivity index (χ1n) is 5.40. The lowest BCUT2D eigenvalue weighted by atomic mass is 9.99. The van der Waals surface area contributed by atoms with E-state index < -0.39 is 18.0 Å². The summed E-state index contributed by atoms with van der Waals surface area (Å²) in [7, 11) is 0. The van der Waals surface area contributed by atoms with Gasteiger partial charge in [0, 0.05) is 0 Å². The fraction of sp³-hybridized carbons (Fsp3) is 0.417. The second-order valence-electron chi connectivity index (χ2n) is 4.18. The molecule has 0 bridgehead atoms. The van der Waals surface area contributed by atoms with Gasteiger partial charge in [-0.25, -0.2) is 5.48 Å². The Labute approximate surface area is 103 Å². The highest BCUT2D eigenvalue weighted by Crippen LogP contribution is 2.28. The first kappa shape index (κ1) is 14.5. The van der Waals surface area contributed by atoms with Crippen LogP contribution in [-0.4, -0.2) is 17.3 Å². The van der Waals surface area contributed by atoms with E-state index in [1.165, 1.54) is 5.48 Å². The van der Waals surface area contributed by atoms with Crippen molar-refractivity contribution in [2.45, 2.75) is 25.9 Å². The molecule has 1 amide bonds. The van der Waals surface area contributed by atoms with Crippen molar-refractivity contribution in [3.8, 4) is 0 Å². The van der Waals surface area contributed by atoms with E-state index in [0.717, 1.165) is 6.92 Å². The van der Waals surface area contributed by atoms with Gasteiger partial charge in [-0.2, -0.15) is 13.2 Å². The van der Waals surface area contributed by atoms with Crippen LogP contribution in [0, 0.1) is 5.92 Å². The van der Waals surface area contributed by atoms with E-state index >= 15 is 0 Å². The Morgan fingerprint density at radius 2 is 1.78 bits per heavy atom. The molecule has 100 valence electrons. The quantitative estimate of drug-likeness (QED) is 0.646. The van der Waals surface area contributed by atoms with Crippen molar-refractivity contribution in [2.75, 3.05) is 0 Å². The van der Waals surface area contributed by atoms with Gasteiger partial charge in [-0.1, -0.05) is 31.2 Å². The lowest BCUT2D eigenvalue weighted by Gasteiger charge is -2.15. The van der Waals surface area contributed by atoms with E-state index in [1.54, 1.807) is 24.3 Å². The number of carbonyl (C=O) groups excluding carboxylic acids is 1. The molecule has 0 heterocycles. The van der Waals surface area contributed by atoms with Gasteiger partial charge in [-0.3, -0.25) is 10.0 Å². The Hall–Kier alpha value is -1.56. The summed E-state index contributed by atoms with van der Waals surface area (Å²) in [6.07, 6.45) is -4.29. The molecule has 0 aliphatic carbocycles. The molecular formula is C12H14F3NO2. The molecule has 1 rings (SSSR count). The van der Waals surface area contributed by atoms with Crippen LogP contribution in [0.1, 0.15) is 18.1 Å². The second-order valence-corrected chi connectivity index (χ2v) is 4.18. The third-order valence-electron chi connectivity index (χ3n) is 2.61. The van der Waals surface area contributed by atoms with Crippen molar-refractivity contribution in [3.63, 3.8) is 0 Å². The summed E-state index contributed by atoms with van der Waals surface area (Å²) in [6.45, 7) is 1.13. The lowest BCUT2D eigenvalue weighted by molar-refractivity contribution is -0.169. The van der Waals surface area contributed by atoms with Crippen LogP contribution in [0.15, 0.2) is 24.3 Å². The first-order valence-corrected chi connectivity index (χ1v) is 5.40. The molecule has 6 heteroatoms. The summed E-state index contributed by atoms with van der Waals surface area (Å²) in [5.41, 5.74) is 2.69. The predicted octanol–water partition coefficient (Wildman–Crippen LogP) is 2.48. The van der Waals surface area contributed by atoms with Crippen LogP contribution < -0.4 is 5.48 Å². The number of benzene rings is 1. The molecule has 0 aliphatic rings. The monoisotopic (exact) mass is 261 g/mol. The number of hydrogen-bond donors (Lipinski definition) is 2. The maximum Gasteiger partial charge on any atom is 0.391 e. The van der Waals surface area contributed by atoms with Crippen LogP contribution in [0.2, 0.25) is 0 Å². The molecule has 0 spiro atoms. The van der Waals surface area contributed by atoms with Crippen molar-refractivity contribution in [1.29, 1.82) is 0 Å². The van der Waals surface area contributed by atoms with Crippen molar-refractivity contribution in [1.82, 2.24) is 5.48 Å². The number of hydroxylamine groups is 1. The Morgan fingerprint density at radius 3 is 2.22 bits per heavy atom. The fourth-order valence-electron chi connectivity index (χ4n) is 1.49. The summed E-state index contributed by atoms with van der Waals surface area (Å²) in [5.74, 6) is -1.96. The van der Waals surface area contributed by atoms with Gasteiger partial charge in [0.1, 0.15) is 0 Å². The molecule has 0 aliphatic heterocycles.